The van der Waals surface area contributed by atoms with Gasteiger partial charge in [0.15, 0.2) is 0 Å². The summed E-state index contributed by atoms with van der Waals surface area (Å²) >= 11 is 0. The molecule has 0 saturated heterocycles. The van der Waals surface area contributed by atoms with Crippen LogP contribution in [0.3, 0.4) is 0 Å². The second-order valence-electron chi connectivity index (χ2n) is 7.37. The van der Waals surface area contributed by atoms with E-state index in [9.17, 15) is 0 Å². The molecule has 0 radical (unpaired) electrons. The van der Waals surface area contributed by atoms with Gasteiger partial charge in [0, 0.05) is 0 Å². The van der Waals surface area contributed by atoms with E-state index in [0.717, 1.165) is 45.3 Å². The Morgan fingerprint density at radius 3 is 1.23 bits per heavy atom. The first-order valence-electron chi connectivity index (χ1n) is 9.96. The van der Waals surface area contributed by atoms with Gasteiger partial charge in [-0.2, -0.15) is 0 Å². The molecule has 2 nitrogen and oxygen atoms in total. The van der Waals surface area contributed by atoms with E-state index in [4.69, 9.17) is 9.47 Å². The van der Waals surface area contributed by atoms with Gasteiger partial charge in [-0.1, -0.05) is 66.2 Å². The Balaban J connectivity index is 1.42. The molecule has 0 N–H and O–H groups in total. The third kappa shape index (κ3) is 4.79. The van der Waals surface area contributed by atoms with Crippen LogP contribution in [-0.2, 0) is 0 Å². The average molecular weight is 392 g/mol. The summed E-state index contributed by atoms with van der Waals surface area (Å²) in [6.07, 6.45) is 0. The highest BCUT2D eigenvalue weighted by molar-refractivity contribution is 5.65. The fourth-order valence-electron chi connectivity index (χ4n) is 3.12. The SMILES string of the molecule is C=C(C)c1ccc(Oc2ccc(-c3ccc(Oc4ccc(C)cc4)cc3)cc2)cc1. The van der Waals surface area contributed by atoms with Crippen LogP contribution in [0.5, 0.6) is 23.0 Å². The third-order valence-corrected chi connectivity index (χ3v) is 4.88. The minimum Gasteiger partial charge on any atom is -0.457 e. The molecule has 148 valence electrons. The molecule has 0 aromatic heterocycles. The van der Waals surface area contributed by atoms with Crippen LogP contribution >= 0.6 is 0 Å². The molecule has 2 heteroatoms. The maximum atomic E-state index is 5.95. The first-order chi connectivity index (χ1) is 14.6. The molecule has 4 aromatic rings. The molecule has 0 unspecified atom stereocenters. The van der Waals surface area contributed by atoms with Gasteiger partial charge in [-0.3, -0.25) is 0 Å². The third-order valence-electron chi connectivity index (χ3n) is 4.88. The number of allylic oxidation sites excluding steroid dienone is 1. The number of hydrogen-bond acceptors (Lipinski definition) is 2. The summed E-state index contributed by atoms with van der Waals surface area (Å²) < 4.78 is 11.9. The second-order valence-corrected chi connectivity index (χ2v) is 7.37. The molecule has 0 amide bonds. The molecule has 0 atom stereocenters. The van der Waals surface area contributed by atoms with Gasteiger partial charge in [0.2, 0.25) is 0 Å². The van der Waals surface area contributed by atoms with E-state index in [1.807, 2.05) is 79.7 Å². The highest BCUT2D eigenvalue weighted by Gasteiger charge is 2.03. The lowest BCUT2D eigenvalue weighted by Crippen LogP contribution is -1.86. The van der Waals surface area contributed by atoms with Crippen LogP contribution in [0.15, 0.2) is 104 Å². The number of hydrogen-bond donors (Lipinski definition) is 0. The van der Waals surface area contributed by atoms with Crippen LogP contribution in [0, 0.1) is 6.92 Å². The Kier molecular flexibility index (Phi) is 5.67. The van der Waals surface area contributed by atoms with Crippen molar-refractivity contribution < 1.29 is 9.47 Å². The van der Waals surface area contributed by atoms with Crippen LogP contribution in [0.1, 0.15) is 18.1 Å². The van der Waals surface area contributed by atoms with Gasteiger partial charge in [-0.15, -0.1) is 0 Å². The van der Waals surface area contributed by atoms with Crippen molar-refractivity contribution in [1.29, 1.82) is 0 Å². The normalized spacial score (nSPS) is 10.5. The van der Waals surface area contributed by atoms with Crippen molar-refractivity contribution in [2.45, 2.75) is 13.8 Å². The smallest absolute Gasteiger partial charge is 0.127 e. The van der Waals surface area contributed by atoms with Gasteiger partial charge < -0.3 is 9.47 Å². The van der Waals surface area contributed by atoms with E-state index in [2.05, 4.69) is 37.8 Å². The van der Waals surface area contributed by atoms with Crippen molar-refractivity contribution in [2.75, 3.05) is 0 Å². The Labute approximate surface area is 178 Å². The quantitative estimate of drug-likeness (QED) is 0.329. The lowest BCUT2D eigenvalue weighted by Gasteiger charge is -2.09. The van der Waals surface area contributed by atoms with Crippen LogP contribution in [0.25, 0.3) is 16.7 Å². The van der Waals surface area contributed by atoms with Crippen LogP contribution in [0.4, 0.5) is 0 Å². The molecular weight excluding hydrogens is 368 g/mol. The molecule has 0 aliphatic carbocycles. The summed E-state index contributed by atoms with van der Waals surface area (Å²) in [5, 5.41) is 0. The summed E-state index contributed by atoms with van der Waals surface area (Å²) in [6, 6.07) is 32.2. The largest absolute Gasteiger partial charge is 0.457 e. The van der Waals surface area contributed by atoms with Gasteiger partial charge in [-0.25, -0.2) is 0 Å². The van der Waals surface area contributed by atoms with Gasteiger partial charge in [0.25, 0.3) is 0 Å². The fourth-order valence-corrected chi connectivity index (χ4v) is 3.12. The van der Waals surface area contributed by atoms with Gasteiger partial charge in [0.1, 0.15) is 23.0 Å². The minimum atomic E-state index is 0.807. The van der Waals surface area contributed by atoms with E-state index in [0.29, 0.717) is 0 Å². The molecule has 4 rings (SSSR count). The fraction of sp³-hybridized carbons (Fsp3) is 0.0714. The van der Waals surface area contributed by atoms with Crippen molar-refractivity contribution >= 4 is 5.57 Å². The molecule has 0 fully saturated rings. The average Bonchev–Trinajstić information content (AvgIpc) is 2.77. The standard InChI is InChI=1S/C28H24O2/c1-20(2)22-6-14-26(15-7-22)30-28-18-10-24(11-19-28)23-8-16-27(17-9-23)29-25-12-4-21(3)5-13-25/h4-19H,1H2,2-3H3. The number of rotatable bonds is 6. The maximum absolute atomic E-state index is 5.95. The Morgan fingerprint density at radius 1 is 0.533 bits per heavy atom. The first kappa shape index (κ1) is 19.5. The van der Waals surface area contributed by atoms with Crippen LogP contribution < -0.4 is 9.47 Å². The topological polar surface area (TPSA) is 18.5 Å². The molecule has 30 heavy (non-hydrogen) atoms. The molecule has 0 heterocycles. The number of aryl methyl sites for hydroxylation is 1. The highest BCUT2D eigenvalue weighted by atomic mass is 16.5. The lowest BCUT2D eigenvalue weighted by molar-refractivity contribution is 0.482. The van der Waals surface area contributed by atoms with Crippen molar-refractivity contribution in [3.63, 3.8) is 0 Å². The van der Waals surface area contributed by atoms with Crippen molar-refractivity contribution in [2.24, 2.45) is 0 Å². The molecule has 4 aromatic carbocycles. The molecule has 0 saturated carbocycles. The predicted octanol–water partition coefficient (Wildman–Crippen LogP) is 8.28. The summed E-state index contributed by atoms with van der Waals surface area (Å²) in [7, 11) is 0. The van der Waals surface area contributed by atoms with E-state index >= 15 is 0 Å². The summed E-state index contributed by atoms with van der Waals surface area (Å²) in [4.78, 5) is 0. The van der Waals surface area contributed by atoms with Crippen molar-refractivity contribution in [3.05, 3.63) is 115 Å². The molecule has 0 spiro atoms. The van der Waals surface area contributed by atoms with Crippen LogP contribution in [0.2, 0.25) is 0 Å². The predicted molar refractivity (Wildman–Crippen MR) is 124 cm³/mol. The van der Waals surface area contributed by atoms with E-state index < -0.39 is 0 Å². The van der Waals surface area contributed by atoms with Crippen molar-refractivity contribution in [1.82, 2.24) is 0 Å². The molecular formula is C28H24O2. The Bertz CT molecular complexity index is 1120. The minimum absolute atomic E-state index is 0.807. The summed E-state index contributed by atoms with van der Waals surface area (Å²) in [5.74, 6) is 3.28. The van der Waals surface area contributed by atoms with E-state index in [1.165, 1.54) is 5.56 Å². The zero-order valence-corrected chi connectivity index (χ0v) is 17.3. The molecule has 0 aliphatic rings. The Hall–Kier alpha value is -3.78. The Morgan fingerprint density at radius 2 is 0.867 bits per heavy atom. The zero-order chi connectivity index (χ0) is 20.9. The van der Waals surface area contributed by atoms with E-state index in [-0.39, 0.29) is 0 Å². The number of benzene rings is 4. The second kappa shape index (κ2) is 8.71. The highest BCUT2D eigenvalue weighted by Crippen LogP contribution is 2.29. The zero-order valence-electron chi connectivity index (χ0n) is 17.3. The maximum Gasteiger partial charge on any atom is 0.127 e. The molecule has 0 aliphatic heterocycles. The van der Waals surface area contributed by atoms with E-state index in [1.54, 1.807) is 0 Å². The van der Waals surface area contributed by atoms with Crippen molar-refractivity contribution in [3.8, 4) is 34.1 Å². The van der Waals surface area contributed by atoms with Gasteiger partial charge >= 0.3 is 0 Å². The summed E-state index contributed by atoms with van der Waals surface area (Å²) in [5.41, 5.74) is 5.63. The van der Waals surface area contributed by atoms with Gasteiger partial charge in [0.05, 0.1) is 0 Å². The summed E-state index contributed by atoms with van der Waals surface area (Å²) in [6.45, 7) is 8.02. The van der Waals surface area contributed by atoms with Gasteiger partial charge in [-0.05, 0) is 79.1 Å². The monoisotopic (exact) mass is 392 g/mol. The first-order valence-corrected chi connectivity index (χ1v) is 9.96. The number of ether oxygens (including phenoxy) is 2. The lowest BCUT2D eigenvalue weighted by atomic mass is 10.1. The van der Waals surface area contributed by atoms with Crippen LogP contribution in [-0.4, -0.2) is 0 Å². The molecule has 0 bridgehead atoms.